The molecule has 1 fully saturated rings. The summed E-state index contributed by atoms with van der Waals surface area (Å²) >= 11 is -3.05. The third-order valence-corrected chi connectivity index (χ3v) is 3.47. The predicted molar refractivity (Wildman–Crippen MR) is 75.9 cm³/mol. The lowest BCUT2D eigenvalue weighted by atomic mass is 10.1. The highest BCUT2D eigenvalue weighted by Gasteiger charge is 2.55. The van der Waals surface area contributed by atoms with Crippen molar-refractivity contribution in [3.05, 3.63) is 48.9 Å². The predicted octanol–water partition coefficient (Wildman–Crippen LogP) is 2.42. The van der Waals surface area contributed by atoms with E-state index in [1.807, 2.05) is 0 Å². The molecule has 0 spiro atoms. The second-order valence-corrected chi connectivity index (χ2v) is 5.03. The highest BCUT2D eigenvalue weighted by molar-refractivity contribution is 7.76. The number of ether oxygens (including phenoxy) is 1. The minimum Gasteiger partial charge on any atom is -0.481 e. The first-order valence-corrected chi connectivity index (χ1v) is 7.15. The van der Waals surface area contributed by atoms with Gasteiger partial charge in [-0.15, -0.1) is 0 Å². The Balaban J connectivity index is 3.32. The molecule has 1 saturated heterocycles. The molecule has 1 heterocycles. The Morgan fingerprint density at radius 2 is 2.00 bits per heavy atom. The number of carboxylic acid groups (broad SMARTS) is 1. The molecular formula is C13H15F2NO5S. The van der Waals surface area contributed by atoms with Gasteiger partial charge in [0.2, 0.25) is 0 Å². The van der Waals surface area contributed by atoms with Gasteiger partial charge in [-0.1, -0.05) is 25.3 Å². The molecule has 2 unspecified atom stereocenters. The molecule has 0 bridgehead atoms. The summed E-state index contributed by atoms with van der Waals surface area (Å²) in [4.78, 5) is 10.6. The number of nitrogens with zero attached hydrogens (tertiary/aromatic N) is 1. The SMILES string of the molecule is C=C/C=C1/OC(CCC(=O)O)C(F)(F)N(S(=O)O)/C1=C/C=C. The van der Waals surface area contributed by atoms with E-state index < -0.39 is 42.2 Å². The van der Waals surface area contributed by atoms with Crippen molar-refractivity contribution in [3.8, 4) is 0 Å². The Bertz CT molecular complexity index is 559. The zero-order chi connectivity index (χ0) is 16.9. The largest absolute Gasteiger partial charge is 0.481 e. The van der Waals surface area contributed by atoms with Crippen LogP contribution in [0.3, 0.4) is 0 Å². The van der Waals surface area contributed by atoms with E-state index in [0.29, 0.717) is 0 Å². The minimum atomic E-state index is -3.87. The van der Waals surface area contributed by atoms with Gasteiger partial charge in [-0.2, -0.15) is 13.1 Å². The van der Waals surface area contributed by atoms with Crippen molar-refractivity contribution >= 4 is 17.2 Å². The van der Waals surface area contributed by atoms with Crippen molar-refractivity contribution in [1.29, 1.82) is 0 Å². The standard InChI is InChI=1S/C13H15F2NO5S/c1-3-5-9-10(6-4-2)21-11(7-8-12(17)18)13(14,15)16(9)22(19)20/h3-6,11H,1-2,7-8H2,(H,17,18)(H,19,20)/b9-5+,10-6+. The molecule has 0 amide bonds. The van der Waals surface area contributed by atoms with Crippen molar-refractivity contribution in [1.82, 2.24) is 4.31 Å². The first-order chi connectivity index (χ1) is 10.3. The molecule has 1 rings (SSSR count). The van der Waals surface area contributed by atoms with Crippen molar-refractivity contribution in [2.24, 2.45) is 0 Å². The quantitative estimate of drug-likeness (QED) is 0.575. The smallest absolute Gasteiger partial charge is 0.374 e. The van der Waals surface area contributed by atoms with Crippen molar-refractivity contribution in [2.45, 2.75) is 25.0 Å². The van der Waals surface area contributed by atoms with E-state index in [9.17, 15) is 22.3 Å². The fraction of sp³-hybridized carbons (Fsp3) is 0.308. The Kier molecular flexibility index (Phi) is 6.01. The van der Waals surface area contributed by atoms with Crippen molar-refractivity contribution in [3.63, 3.8) is 0 Å². The summed E-state index contributed by atoms with van der Waals surface area (Å²) in [5.41, 5.74) is -0.354. The number of alkyl halides is 2. The van der Waals surface area contributed by atoms with Crippen LogP contribution in [0.5, 0.6) is 0 Å². The van der Waals surface area contributed by atoms with E-state index in [2.05, 4.69) is 13.2 Å². The number of morpholine rings is 1. The number of hydrogen-bond donors (Lipinski definition) is 2. The van der Waals surface area contributed by atoms with E-state index in [4.69, 9.17) is 9.84 Å². The summed E-state index contributed by atoms with van der Waals surface area (Å²) in [7, 11) is 0. The van der Waals surface area contributed by atoms with Crippen molar-refractivity contribution in [2.75, 3.05) is 0 Å². The highest BCUT2D eigenvalue weighted by Crippen LogP contribution is 2.41. The fourth-order valence-electron chi connectivity index (χ4n) is 1.84. The molecule has 0 aromatic heterocycles. The maximum Gasteiger partial charge on any atom is 0.374 e. The number of allylic oxidation sites excluding steroid dienone is 4. The lowest BCUT2D eigenvalue weighted by molar-refractivity contribution is -0.199. The maximum atomic E-state index is 14.3. The van der Waals surface area contributed by atoms with E-state index >= 15 is 0 Å². The summed E-state index contributed by atoms with van der Waals surface area (Å²) < 4.78 is 54.3. The average Bonchev–Trinajstić information content (AvgIpc) is 2.39. The van der Waals surface area contributed by atoms with Gasteiger partial charge < -0.3 is 9.84 Å². The van der Waals surface area contributed by atoms with Crippen LogP contribution in [-0.4, -0.2) is 36.3 Å². The molecule has 1 aliphatic heterocycles. The average molecular weight is 335 g/mol. The molecule has 0 aromatic carbocycles. The molecule has 2 N–H and O–H groups in total. The zero-order valence-electron chi connectivity index (χ0n) is 11.4. The number of hydrogen-bond acceptors (Lipinski definition) is 3. The summed E-state index contributed by atoms with van der Waals surface area (Å²) in [6.07, 6.45) is 1.72. The second-order valence-electron chi connectivity index (χ2n) is 4.21. The molecule has 9 heteroatoms. The highest BCUT2D eigenvalue weighted by atomic mass is 32.2. The van der Waals surface area contributed by atoms with E-state index in [1.54, 1.807) is 0 Å². The van der Waals surface area contributed by atoms with Gasteiger partial charge in [0.25, 0.3) is 11.3 Å². The van der Waals surface area contributed by atoms with Gasteiger partial charge in [0.05, 0.1) is 5.70 Å². The molecule has 0 aliphatic carbocycles. The zero-order valence-corrected chi connectivity index (χ0v) is 12.3. The topological polar surface area (TPSA) is 87.1 Å². The van der Waals surface area contributed by atoms with Gasteiger partial charge in [0.1, 0.15) is 5.76 Å². The van der Waals surface area contributed by atoms with Crippen LogP contribution < -0.4 is 0 Å². The third kappa shape index (κ3) is 3.80. The summed E-state index contributed by atoms with van der Waals surface area (Å²) in [6, 6.07) is -3.87. The van der Waals surface area contributed by atoms with Gasteiger partial charge in [0, 0.05) is 12.8 Å². The summed E-state index contributed by atoms with van der Waals surface area (Å²) in [5, 5.41) is 8.62. The molecule has 0 radical (unpaired) electrons. The third-order valence-electron chi connectivity index (χ3n) is 2.72. The van der Waals surface area contributed by atoms with E-state index in [0.717, 1.165) is 12.2 Å². The van der Waals surface area contributed by atoms with Crippen LogP contribution in [0.1, 0.15) is 12.8 Å². The van der Waals surface area contributed by atoms with E-state index in [1.165, 1.54) is 12.2 Å². The minimum absolute atomic E-state index is 0.0416. The van der Waals surface area contributed by atoms with E-state index in [-0.39, 0.29) is 15.8 Å². The second kappa shape index (κ2) is 7.32. The Labute approximate surface area is 128 Å². The molecular weight excluding hydrogens is 320 g/mol. The maximum absolute atomic E-state index is 14.3. The van der Waals surface area contributed by atoms with Crippen LogP contribution in [0.25, 0.3) is 0 Å². The summed E-state index contributed by atoms with van der Waals surface area (Å²) in [5.74, 6) is -1.41. The number of halogens is 2. The first kappa shape index (κ1) is 18.1. The number of carboxylic acids is 1. The fourth-order valence-corrected chi connectivity index (χ4v) is 2.49. The lowest BCUT2D eigenvalue weighted by Crippen LogP contribution is -2.55. The van der Waals surface area contributed by atoms with Gasteiger partial charge in [-0.05, 0) is 12.2 Å². The molecule has 0 saturated carbocycles. The molecule has 22 heavy (non-hydrogen) atoms. The molecule has 6 nitrogen and oxygen atoms in total. The van der Waals surface area contributed by atoms with Gasteiger partial charge >= 0.3 is 12.0 Å². The Morgan fingerprint density at radius 3 is 2.45 bits per heavy atom. The molecule has 1 aliphatic rings. The van der Waals surface area contributed by atoms with Crippen LogP contribution in [0.15, 0.2) is 48.9 Å². The van der Waals surface area contributed by atoms with Gasteiger partial charge in [-0.25, -0.2) is 4.21 Å². The van der Waals surface area contributed by atoms with Gasteiger partial charge in [-0.3, -0.25) is 9.35 Å². The number of rotatable bonds is 6. The summed E-state index contributed by atoms with van der Waals surface area (Å²) in [6.45, 7) is 6.76. The first-order valence-electron chi connectivity index (χ1n) is 6.09. The molecule has 0 aromatic rings. The van der Waals surface area contributed by atoms with Crippen LogP contribution in [0.2, 0.25) is 0 Å². The van der Waals surface area contributed by atoms with Crippen LogP contribution in [-0.2, 0) is 20.8 Å². The van der Waals surface area contributed by atoms with Crippen LogP contribution in [0.4, 0.5) is 8.78 Å². The Hall–Kier alpha value is -2.00. The number of carbonyl (C=O) groups is 1. The normalized spacial score (nSPS) is 25.6. The van der Waals surface area contributed by atoms with Gasteiger partial charge in [0.15, 0.2) is 6.10 Å². The van der Waals surface area contributed by atoms with Crippen molar-refractivity contribution < 1.29 is 32.2 Å². The molecule has 122 valence electrons. The monoisotopic (exact) mass is 335 g/mol. The Morgan fingerprint density at radius 1 is 1.41 bits per heavy atom. The van der Waals surface area contributed by atoms with Crippen LogP contribution in [0, 0.1) is 0 Å². The molecule has 2 atom stereocenters. The lowest BCUT2D eigenvalue weighted by Gasteiger charge is -2.41. The number of aliphatic carboxylic acids is 1. The van der Waals surface area contributed by atoms with Crippen LogP contribution >= 0.6 is 0 Å².